The molecule has 0 aliphatic carbocycles. The molecule has 7 heteroatoms. The molecule has 0 fully saturated rings. The molecule has 2 N–H and O–H groups in total. The Morgan fingerprint density at radius 3 is 2.59 bits per heavy atom. The third-order valence-electron chi connectivity index (χ3n) is 1.92. The molecule has 7 nitrogen and oxygen atoms in total. The fraction of sp³-hybridized carbons (Fsp3) is 0.900. The monoisotopic (exact) mass is 244 g/mol. The maximum Gasteiger partial charge on any atom is 0.407 e. The number of aliphatic hydroxyl groups excluding tert-OH is 1. The average Bonchev–Trinajstić information content (AvgIpc) is 2.20. The van der Waals surface area contributed by atoms with Gasteiger partial charge in [-0.3, -0.25) is 0 Å². The van der Waals surface area contributed by atoms with E-state index in [1.54, 1.807) is 27.7 Å². The predicted octanol–water partition coefficient (Wildman–Crippen LogP) is 1.96. The summed E-state index contributed by atoms with van der Waals surface area (Å²) in [6, 6.07) is -0.546. The predicted molar refractivity (Wildman–Crippen MR) is 63.5 cm³/mol. The van der Waals surface area contributed by atoms with Crippen LogP contribution in [-0.2, 0) is 4.74 Å². The normalized spacial score (nSPS) is 14.4. The third-order valence-corrected chi connectivity index (χ3v) is 1.92. The second-order valence-corrected chi connectivity index (χ2v) is 4.63. The van der Waals surface area contributed by atoms with E-state index in [2.05, 4.69) is 15.3 Å². The topological polar surface area (TPSA) is 107 Å². The van der Waals surface area contributed by atoms with Gasteiger partial charge in [0.25, 0.3) is 0 Å². The molecule has 0 saturated carbocycles. The van der Waals surface area contributed by atoms with E-state index in [9.17, 15) is 9.90 Å². The maximum atomic E-state index is 11.3. The number of alkyl carbamates (subject to hydrolysis) is 1. The molecule has 17 heavy (non-hydrogen) atoms. The number of ether oxygens (including phenoxy) is 1. The molecule has 1 amide bonds. The maximum absolute atomic E-state index is 11.3. The minimum Gasteiger partial charge on any atom is -0.444 e. The highest BCUT2D eigenvalue weighted by Crippen LogP contribution is 2.07. The highest BCUT2D eigenvalue weighted by atomic mass is 16.6. The molecule has 98 valence electrons. The molecule has 0 heterocycles. The number of nitrogens with one attached hydrogen (secondary N) is 1. The first-order chi connectivity index (χ1) is 7.80. The molecular weight excluding hydrogens is 224 g/mol. The van der Waals surface area contributed by atoms with Crippen molar-refractivity contribution >= 4 is 6.09 Å². The number of amides is 1. The molecule has 0 radical (unpaired) electrons. The highest BCUT2D eigenvalue weighted by Gasteiger charge is 2.19. The van der Waals surface area contributed by atoms with Crippen LogP contribution in [0.5, 0.6) is 0 Å². The van der Waals surface area contributed by atoms with Crippen LogP contribution in [0.4, 0.5) is 4.79 Å². The number of azide groups is 1. The van der Waals surface area contributed by atoms with E-state index in [0.717, 1.165) is 0 Å². The number of hydrogen-bond acceptors (Lipinski definition) is 4. The Morgan fingerprint density at radius 2 is 2.18 bits per heavy atom. The second-order valence-electron chi connectivity index (χ2n) is 4.63. The van der Waals surface area contributed by atoms with Crippen LogP contribution in [0.2, 0.25) is 0 Å². The lowest BCUT2D eigenvalue weighted by molar-refractivity contribution is 0.0480. The molecule has 0 aromatic heterocycles. The molecule has 0 rings (SSSR count). The van der Waals surface area contributed by atoms with Crippen molar-refractivity contribution in [3.05, 3.63) is 10.4 Å². The summed E-state index contributed by atoms with van der Waals surface area (Å²) < 4.78 is 5.00. The van der Waals surface area contributed by atoms with Crippen LogP contribution in [0.25, 0.3) is 10.4 Å². The van der Waals surface area contributed by atoms with E-state index in [1.807, 2.05) is 0 Å². The number of aliphatic hydroxyl groups is 1. The summed E-state index contributed by atoms with van der Waals surface area (Å²) in [5, 5.41) is 15.5. The van der Waals surface area contributed by atoms with Crippen molar-refractivity contribution in [2.45, 2.75) is 51.9 Å². The second kappa shape index (κ2) is 6.98. The lowest BCUT2D eigenvalue weighted by atomic mass is 10.1. The molecule has 0 saturated heterocycles. The fourth-order valence-electron chi connectivity index (χ4n) is 1.14. The molecule has 0 aromatic rings. The first-order valence-electron chi connectivity index (χ1n) is 5.49. The summed E-state index contributed by atoms with van der Waals surface area (Å²) in [5.74, 6) is 0. The van der Waals surface area contributed by atoms with Crippen molar-refractivity contribution in [1.29, 1.82) is 0 Å². The van der Waals surface area contributed by atoms with E-state index in [0.29, 0.717) is 6.42 Å². The Hall–Kier alpha value is -1.46. The van der Waals surface area contributed by atoms with E-state index < -0.39 is 23.8 Å². The first kappa shape index (κ1) is 15.5. The minimum atomic E-state index is -0.914. The zero-order chi connectivity index (χ0) is 13.5. The minimum absolute atomic E-state index is 0.00750. The van der Waals surface area contributed by atoms with Gasteiger partial charge in [-0.2, -0.15) is 0 Å². The molecule has 2 atom stereocenters. The number of nitrogens with zero attached hydrogens (tertiary/aromatic N) is 3. The Balaban J connectivity index is 4.10. The van der Waals surface area contributed by atoms with Crippen molar-refractivity contribution in [2.75, 3.05) is 6.54 Å². The van der Waals surface area contributed by atoms with Crippen molar-refractivity contribution in [3.63, 3.8) is 0 Å². The van der Waals surface area contributed by atoms with Gasteiger partial charge in [0.15, 0.2) is 0 Å². The Labute approximate surface area is 101 Å². The lowest BCUT2D eigenvalue weighted by Crippen LogP contribution is -2.40. The molecule has 0 bridgehead atoms. The van der Waals surface area contributed by atoms with Gasteiger partial charge in [0, 0.05) is 11.5 Å². The first-order valence-corrected chi connectivity index (χ1v) is 5.49. The highest BCUT2D eigenvalue weighted by molar-refractivity contribution is 5.67. The summed E-state index contributed by atoms with van der Waals surface area (Å²) in [4.78, 5) is 13.9. The molecule has 0 unspecified atom stereocenters. The van der Waals surface area contributed by atoms with Gasteiger partial charge in [-0.15, -0.1) is 0 Å². The number of hydrogen-bond donors (Lipinski definition) is 2. The molecule has 0 aliphatic heterocycles. The van der Waals surface area contributed by atoms with Gasteiger partial charge in [-0.25, -0.2) is 4.79 Å². The standard InChI is InChI=1S/C10H20N4O3/c1-5-7(13-14-11)8(15)6-12-9(16)17-10(2,3)4/h7-8,15H,5-6H2,1-4H3,(H,12,16)/t7-,8+/m0/s1. The van der Waals surface area contributed by atoms with E-state index in [-0.39, 0.29) is 6.54 Å². The third kappa shape index (κ3) is 7.43. The molecule has 0 spiro atoms. The lowest BCUT2D eigenvalue weighted by Gasteiger charge is -2.21. The van der Waals surface area contributed by atoms with Gasteiger partial charge < -0.3 is 15.2 Å². The van der Waals surface area contributed by atoms with Gasteiger partial charge in [-0.05, 0) is 32.7 Å². The number of carbonyl (C=O) groups is 1. The van der Waals surface area contributed by atoms with E-state index in [1.165, 1.54) is 0 Å². The van der Waals surface area contributed by atoms with Gasteiger partial charge in [0.05, 0.1) is 12.1 Å². The van der Waals surface area contributed by atoms with Crippen LogP contribution in [0.3, 0.4) is 0 Å². The summed E-state index contributed by atoms with van der Waals surface area (Å²) >= 11 is 0. The van der Waals surface area contributed by atoms with E-state index in [4.69, 9.17) is 10.3 Å². The van der Waals surface area contributed by atoms with Crippen molar-refractivity contribution in [3.8, 4) is 0 Å². The summed E-state index contributed by atoms with van der Waals surface area (Å²) in [5.41, 5.74) is 7.70. The fourth-order valence-corrected chi connectivity index (χ4v) is 1.14. The Kier molecular flexibility index (Phi) is 6.38. The van der Waals surface area contributed by atoms with E-state index >= 15 is 0 Å². The average molecular weight is 244 g/mol. The summed E-state index contributed by atoms with van der Waals surface area (Å²) in [7, 11) is 0. The Morgan fingerprint density at radius 1 is 1.59 bits per heavy atom. The van der Waals surface area contributed by atoms with Crippen LogP contribution in [0.1, 0.15) is 34.1 Å². The largest absolute Gasteiger partial charge is 0.444 e. The van der Waals surface area contributed by atoms with Gasteiger partial charge in [0.1, 0.15) is 5.60 Å². The smallest absolute Gasteiger partial charge is 0.407 e. The van der Waals surface area contributed by atoms with Crippen molar-refractivity contribution < 1.29 is 14.6 Å². The van der Waals surface area contributed by atoms with Crippen LogP contribution >= 0.6 is 0 Å². The number of carbonyl (C=O) groups excluding carboxylic acids is 1. The number of rotatable bonds is 5. The van der Waals surface area contributed by atoms with Crippen molar-refractivity contribution in [2.24, 2.45) is 5.11 Å². The van der Waals surface area contributed by atoms with Crippen LogP contribution in [-0.4, -0.2) is 35.5 Å². The zero-order valence-electron chi connectivity index (χ0n) is 10.7. The van der Waals surface area contributed by atoms with Gasteiger partial charge in [-0.1, -0.05) is 12.0 Å². The SMILES string of the molecule is CC[C@H](N=[N+]=[N-])[C@H](O)CNC(=O)OC(C)(C)C. The Bertz CT molecular complexity index is 294. The zero-order valence-corrected chi connectivity index (χ0v) is 10.7. The van der Waals surface area contributed by atoms with Crippen LogP contribution in [0, 0.1) is 0 Å². The summed E-state index contributed by atoms with van der Waals surface area (Å²) in [6.07, 6.45) is -1.02. The van der Waals surface area contributed by atoms with Gasteiger partial charge in [0.2, 0.25) is 0 Å². The van der Waals surface area contributed by atoms with Crippen LogP contribution < -0.4 is 5.32 Å². The quantitative estimate of drug-likeness (QED) is 0.438. The summed E-state index contributed by atoms with van der Waals surface area (Å²) in [6.45, 7) is 7.02. The molecule has 0 aliphatic rings. The van der Waals surface area contributed by atoms with Crippen molar-refractivity contribution in [1.82, 2.24) is 5.32 Å². The molecular formula is C10H20N4O3. The molecule has 0 aromatic carbocycles. The van der Waals surface area contributed by atoms with Gasteiger partial charge >= 0.3 is 6.09 Å². The van der Waals surface area contributed by atoms with Crippen LogP contribution in [0.15, 0.2) is 5.11 Å².